The zero-order valence-corrected chi connectivity index (χ0v) is 11.1. The van der Waals surface area contributed by atoms with E-state index in [1.807, 2.05) is 0 Å². The van der Waals surface area contributed by atoms with E-state index in [1.54, 1.807) is 23.9 Å². The monoisotopic (exact) mass is 285 g/mol. The molecule has 18 heavy (non-hydrogen) atoms. The lowest BCUT2D eigenvalue weighted by Gasteiger charge is -2.00. The number of rotatable bonds is 6. The fourth-order valence-electron chi connectivity index (χ4n) is 1.23. The normalized spacial score (nSPS) is 10.6. The largest absolute Gasteiger partial charge is 0.396 e. The topological polar surface area (TPSA) is 58.0 Å². The fraction of sp³-hybridized carbons (Fsp3) is 0.273. The highest BCUT2D eigenvalue weighted by molar-refractivity contribution is 8.01. The summed E-state index contributed by atoms with van der Waals surface area (Å²) >= 11 is 2.96. The Morgan fingerprint density at radius 1 is 1.39 bits per heavy atom. The predicted molar refractivity (Wildman–Crippen MR) is 72.0 cm³/mol. The standard InChI is InChI=1S/C11H12FN3OS2/c12-8-3-1-4-9(7-8)13-10-14-15-11(18-10)17-6-2-5-16/h1,3-4,7,16H,2,5-6H2,(H,13,14). The van der Waals surface area contributed by atoms with Crippen LogP contribution in [0.1, 0.15) is 6.42 Å². The summed E-state index contributed by atoms with van der Waals surface area (Å²) in [5.41, 5.74) is 0.651. The zero-order valence-electron chi connectivity index (χ0n) is 9.47. The van der Waals surface area contributed by atoms with Crippen molar-refractivity contribution in [3.63, 3.8) is 0 Å². The van der Waals surface area contributed by atoms with Crippen LogP contribution in [-0.4, -0.2) is 27.7 Å². The molecule has 0 unspecified atom stereocenters. The van der Waals surface area contributed by atoms with Crippen LogP contribution in [0.15, 0.2) is 28.6 Å². The number of aliphatic hydroxyl groups is 1. The van der Waals surface area contributed by atoms with Crippen molar-refractivity contribution in [3.8, 4) is 0 Å². The molecule has 0 aliphatic heterocycles. The van der Waals surface area contributed by atoms with Gasteiger partial charge in [-0.2, -0.15) is 0 Å². The van der Waals surface area contributed by atoms with Crippen LogP contribution < -0.4 is 5.32 Å². The number of nitrogens with one attached hydrogen (secondary N) is 1. The van der Waals surface area contributed by atoms with Crippen molar-refractivity contribution in [1.82, 2.24) is 10.2 Å². The van der Waals surface area contributed by atoms with Gasteiger partial charge in [-0.05, 0) is 24.6 Å². The molecule has 0 fully saturated rings. The maximum Gasteiger partial charge on any atom is 0.210 e. The van der Waals surface area contributed by atoms with Gasteiger partial charge in [0.25, 0.3) is 0 Å². The Balaban J connectivity index is 1.94. The number of hydrogen-bond acceptors (Lipinski definition) is 6. The molecule has 1 aromatic carbocycles. The van der Waals surface area contributed by atoms with Gasteiger partial charge >= 0.3 is 0 Å². The highest BCUT2D eigenvalue weighted by atomic mass is 32.2. The fourth-order valence-corrected chi connectivity index (χ4v) is 3.00. The highest BCUT2D eigenvalue weighted by Gasteiger charge is 2.05. The number of benzene rings is 1. The lowest BCUT2D eigenvalue weighted by molar-refractivity contribution is 0.296. The molecule has 0 aliphatic carbocycles. The van der Waals surface area contributed by atoms with Crippen molar-refractivity contribution in [2.45, 2.75) is 10.8 Å². The number of aliphatic hydroxyl groups excluding tert-OH is 1. The van der Waals surface area contributed by atoms with Gasteiger partial charge in [0.05, 0.1) is 0 Å². The number of hydrogen-bond donors (Lipinski definition) is 2. The number of halogens is 1. The van der Waals surface area contributed by atoms with Crippen LogP contribution in [0, 0.1) is 5.82 Å². The number of aromatic nitrogens is 2. The first-order chi connectivity index (χ1) is 8.78. The number of nitrogens with zero attached hydrogens (tertiary/aromatic N) is 2. The van der Waals surface area contributed by atoms with Crippen molar-refractivity contribution in [1.29, 1.82) is 0 Å². The molecule has 0 saturated carbocycles. The molecule has 4 nitrogen and oxygen atoms in total. The lowest BCUT2D eigenvalue weighted by Crippen LogP contribution is -1.89. The molecule has 0 saturated heterocycles. The van der Waals surface area contributed by atoms with Gasteiger partial charge in [-0.3, -0.25) is 0 Å². The van der Waals surface area contributed by atoms with Crippen molar-refractivity contribution >= 4 is 33.9 Å². The first-order valence-corrected chi connectivity index (χ1v) is 7.18. The van der Waals surface area contributed by atoms with Gasteiger partial charge < -0.3 is 10.4 Å². The van der Waals surface area contributed by atoms with E-state index in [2.05, 4.69) is 15.5 Å². The predicted octanol–water partition coefficient (Wildman–Crippen LogP) is 2.90. The third-order valence-electron chi connectivity index (χ3n) is 2.01. The summed E-state index contributed by atoms with van der Waals surface area (Å²) in [6.07, 6.45) is 0.733. The van der Waals surface area contributed by atoms with Gasteiger partial charge in [0.15, 0.2) is 4.34 Å². The summed E-state index contributed by atoms with van der Waals surface area (Å²) in [7, 11) is 0. The third-order valence-corrected chi connectivity index (χ3v) is 4.07. The van der Waals surface area contributed by atoms with Gasteiger partial charge in [-0.15, -0.1) is 10.2 Å². The molecule has 2 aromatic rings. The Hall–Kier alpha value is -1.18. The van der Waals surface area contributed by atoms with Gasteiger partial charge in [0, 0.05) is 18.0 Å². The first-order valence-electron chi connectivity index (χ1n) is 5.37. The van der Waals surface area contributed by atoms with Crippen LogP contribution in [-0.2, 0) is 0 Å². The molecule has 96 valence electrons. The van der Waals surface area contributed by atoms with E-state index in [1.165, 1.54) is 23.5 Å². The summed E-state index contributed by atoms with van der Waals surface area (Å²) in [5.74, 6) is 0.521. The molecule has 2 rings (SSSR count). The van der Waals surface area contributed by atoms with Crippen molar-refractivity contribution < 1.29 is 9.50 Å². The minimum Gasteiger partial charge on any atom is -0.396 e. The molecule has 0 spiro atoms. The van der Waals surface area contributed by atoms with E-state index < -0.39 is 0 Å². The molecule has 0 aliphatic rings. The second kappa shape index (κ2) is 6.67. The Morgan fingerprint density at radius 2 is 2.28 bits per heavy atom. The summed E-state index contributed by atoms with van der Waals surface area (Å²) in [6.45, 7) is 0.181. The second-order valence-corrected chi connectivity index (χ2v) is 5.75. The van der Waals surface area contributed by atoms with Gasteiger partial charge in [-0.25, -0.2) is 4.39 Å². The van der Waals surface area contributed by atoms with Crippen LogP contribution in [0.3, 0.4) is 0 Å². The average molecular weight is 285 g/mol. The van der Waals surface area contributed by atoms with Crippen molar-refractivity contribution in [2.75, 3.05) is 17.7 Å². The van der Waals surface area contributed by atoms with E-state index in [0.717, 1.165) is 16.5 Å². The van der Waals surface area contributed by atoms with Gasteiger partial charge in [0.1, 0.15) is 5.82 Å². The molecule has 0 radical (unpaired) electrons. The maximum atomic E-state index is 13.0. The van der Waals surface area contributed by atoms with E-state index in [4.69, 9.17) is 5.11 Å². The molecule has 7 heteroatoms. The second-order valence-electron chi connectivity index (χ2n) is 3.43. The minimum absolute atomic E-state index is 0.181. The minimum atomic E-state index is -0.290. The molecular weight excluding hydrogens is 273 g/mol. The Labute approximate surface area is 112 Å². The van der Waals surface area contributed by atoms with Gasteiger partial charge in [-0.1, -0.05) is 29.2 Å². The summed E-state index contributed by atoms with van der Waals surface area (Å²) < 4.78 is 13.8. The maximum absolute atomic E-state index is 13.0. The highest BCUT2D eigenvalue weighted by Crippen LogP contribution is 2.27. The zero-order chi connectivity index (χ0) is 12.8. The van der Waals surface area contributed by atoms with Gasteiger partial charge in [0.2, 0.25) is 5.13 Å². The summed E-state index contributed by atoms with van der Waals surface area (Å²) in [6, 6.07) is 6.19. The van der Waals surface area contributed by atoms with Crippen LogP contribution in [0.25, 0.3) is 0 Å². The van der Waals surface area contributed by atoms with E-state index >= 15 is 0 Å². The van der Waals surface area contributed by atoms with E-state index in [9.17, 15) is 4.39 Å². The SMILES string of the molecule is OCCCSc1nnc(Nc2cccc(F)c2)s1. The molecule has 0 amide bonds. The molecule has 0 atom stereocenters. The number of thioether (sulfide) groups is 1. The Bertz CT molecular complexity index is 507. The van der Waals surface area contributed by atoms with E-state index in [-0.39, 0.29) is 12.4 Å². The molecule has 1 aromatic heterocycles. The number of anilines is 2. The third kappa shape index (κ3) is 3.94. The average Bonchev–Trinajstić information content (AvgIpc) is 2.77. The smallest absolute Gasteiger partial charge is 0.210 e. The van der Waals surface area contributed by atoms with Crippen LogP contribution in [0.4, 0.5) is 15.2 Å². The van der Waals surface area contributed by atoms with Crippen LogP contribution >= 0.6 is 23.1 Å². The van der Waals surface area contributed by atoms with Crippen molar-refractivity contribution in [3.05, 3.63) is 30.1 Å². The van der Waals surface area contributed by atoms with E-state index in [0.29, 0.717) is 10.8 Å². The molecule has 0 bridgehead atoms. The Morgan fingerprint density at radius 3 is 3.06 bits per heavy atom. The van der Waals surface area contributed by atoms with Crippen LogP contribution in [0.5, 0.6) is 0 Å². The molecule has 2 N–H and O–H groups in total. The molecular formula is C11H12FN3OS2. The summed E-state index contributed by atoms with van der Waals surface area (Å²) in [5, 5.41) is 20.3. The van der Waals surface area contributed by atoms with Crippen molar-refractivity contribution in [2.24, 2.45) is 0 Å². The first kappa shape index (κ1) is 13.3. The lowest BCUT2D eigenvalue weighted by atomic mass is 10.3. The Kier molecular flexibility index (Phi) is 4.91. The van der Waals surface area contributed by atoms with Crippen LogP contribution in [0.2, 0.25) is 0 Å². The molecule has 1 heterocycles. The summed E-state index contributed by atoms with van der Waals surface area (Å²) in [4.78, 5) is 0. The quantitative estimate of drug-likeness (QED) is 0.631.